The molecule has 1 aliphatic carbocycles. The lowest BCUT2D eigenvalue weighted by Gasteiger charge is -2.38. The topological polar surface area (TPSA) is 35.5 Å². The molecular formula is C17H34N2O. The van der Waals surface area contributed by atoms with E-state index >= 15 is 0 Å². The van der Waals surface area contributed by atoms with Crippen LogP contribution in [0.15, 0.2) is 0 Å². The van der Waals surface area contributed by atoms with Crippen molar-refractivity contribution in [2.75, 3.05) is 26.2 Å². The predicted octanol–water partition coefficient (Wildman–Crippen LogP) is 2.49. The van der Waals surface area contributed by atoms with E-state index in [-0.39, 0.29) is 6.10 Å². The number of nitrogens with one attached hydrogen (secondary N) is 1. The van der Waals surface area contributed by atoms with Gasteiger partial charge in [0.15, 0.2) is 0 Å². The van der Waals surface area contributed by atoms with Gasteiger partial charge in [-0.2, -0.15) is 0 Å². The van der Waals surface area contributed by atoms with Crippen LogP contribution in [0.2, 0.25) is 0 Å². The lowest BCUT2D eigenvalue weighted by Crippen LogP contribution is -2.49. The fourth-order valence-electron chi connectivity index (χ4n) is 4.17. The molecule has 1 saturated carbocycles. The van der Waals surface area contributed by atoms with Crippen LogP contribution in [0.3, 0.4) is 0 Å². The molecule has 1 aliphatic heterocycles. The largest absolute Gasteiger partial charge is 0.393 e. The lowest BCUT2D eigenvalue weighted by atomic mass is 9.84. The van der Waals surface area contributed by atoms with Gasteiger partial charge in [-0.25, -0.2) is 0 Å². The van der Waals surface area contributed by atoms with Gasteiger partial charge in [0.1, 0.15) is 0 Å². The molecule has 0 spiro atoms. The summed E-state index contributed by atoms with van der Waals surface area (Å²) >= 11 is 0. The average Bonchev–Trinajstić information content (AvgIpc) is 2.67. The molecule has 0 aromatic rings. The second-order valence-electron chi connectivity index (χ2n) is 7.81. The molecule has 118 valence electrons. The van der Waals surface area contributed by atoms with E-state index in [1.165, 1.54) is 25.8 Å². The highest BCUT2D eigenvalue weighted by Crippen LogP contribution is 2.42. The highest BCUT2D eigenvalue weighted by atomic mass is 16.3. The van der Waals surface area contributed by atoms with Crippen molar-refractivity contribution in [3.8, 4) is 0 Å². The molecule has 2 N–H and O–H groups in total. The molecule has 3 nitrogen and oxygen atoms in total. The predicted molar refractivity (Wildman–Crippen MR) is 84.8 cm³/mol. The number of likely N-dealkylation sites (tertiary alicyclic amines) is 1. The summed E-state index contributed by atoms with van der Waals surface area (Å²) in [6.45, 7) is 13.8. The number of aliphatic hydroxyl groups is 1. The van der Waals surface area contributed by atoms with Crippen LogP contribution in [0.1, 0.15) is 53.4 Å². The van der Waals surface area contributed by atoms with E-state index < -0.39 is 0 Å². The summed E-state index contributed by atoms with van der Waals surface area (Å²) in [5, 5.41) is 13.7. The van der Waals surface area contributed by atoms with Crippen molar-refractivity contribution < 1.29 is 5.11 Å². The van der Waals surface area contributed by atoms with Crippen LogP contribution in [-0.4, -0.2) is 48.3 Å². The van der Waals surface area contributed by atoms with Gasteiger partial charge in [0.25, 0.3) is 0 Å². The number of hydrogen-bond acceptors (Lipinski definition) is 3. The Hall–Kier alpha value is -0.120. The van der Waals surface area contributed by atoms with Crippen LogP contribution in [0.4, 0.5) is 0 Å². The van der Waals surface area contributed by atoms with Gasteiger partial charge in [0.05, 0.1) is 6.10 Å². The molecule has 3 heteroatoms. The Balaban J connectivity index is 1.90. The maximum atomic E-state index is 9.87. The molecular weight excluding hydrogens is 248 g/mol. The molecule has 0 bridgehead atoms. The number of hydrogen-bond donors (Lipinski definition) is 2. The Labute approximate surface area is 125 Å². The zero-order valence-electron chi connectivity index (χ0n) is 13.9. The first-order valence-corrected chi connectivity index (χ1v) is 8.58. The molecule has 2 rings (SSSR count). The Morgan fingerprint density at radius 2 is 2.05 bits per heavy atom. The average molecular weight is 282 g/mol. The third-order valence-corrected chi connectivity index (χ3v) is 5.52. The highest BCUT2D eigenvalue weighted by molar-refractivity contribution is 4.97. The van der Waals surface area contributed by atoms with Crippen molar-refractivity contribution in [1.29, 1.82) is 0 Å². The van der Waals surface area contributed by atoms with Gasteiger partial charge in [0.2, 0.25) is 0 Å². The van der Waals surface area contributed by atoms with Crippen molar-refractivity contribution in [1.82, 2.24) is 10.2 Å². The first-order valence-electron chi connectivity index (χ1n) is 8.58. The normalized spacial score (nSPS) is 38.2. The fourth-order valence-corrected chi connectivity index (χ4v) is 4.17. The molecule has 0 aromatic carbocycles. The number of nitrogens with zero attached hydrogens (tertiary/aromatic N) is 1. The first kappa shape index (κ1) is 16.3. The molecule has 2 fully saturated rings. The van der Waals surface area contributed by atoms with E-state index in [0.717, 1.165) is 32.0 Å². The Bertz CT molecular complexity index is 305. The molecule has 20 heavy (non-hydrogen) atoms. The number of aliphatic hydroxyl groups excluding tert-OH is 1. The summed E-state index contributed by atoms with van der Waals surface area (Å²) in [4.78, 5) is 2.59. The SMILES string of the molecule is CCCNC1C(CN2CCC(O)C(C)C2)CCC1(C)C. The molecule has 4 unspecified atom stereocenters. The van der Waals surface area contributed by atoms with E-state index in [9.17, 15) is 5.11 Å². The zero-order valence-corrected chi connectivity index (χ0v) is 13.9. The summed E-state index contributed by atoms with van der Waals surface area (Å²) in [6, 6.07) is 0.657. The maximum Gasteiger partial charge on any atom is 0.0590 e. The molecule has 1 heterocycles. The molecule has 0 radical (unpaired) electrons. The molecule has 2 aliphatic rings. The van der Waals surface area contributed by atoms with Crippen molar-refractivity contribution >= 4 is 0 Å². The lowest BCUT2D eigenvalue weighted by molar-refractivity contribution is 0.0265. The van der Waals surface area contributed by atoms with Crippen LogP contribution in [-0.2, 0) is 0 Å². The number of rotatable bonds is 5. The summed E-state index contributed by atoms with van der Waals surface area (Å²) in [5.41, 5.74) is 0.431. The van der Waals surface area contributed by atoms with Gasteiger partial charge in [-0.15, -0.1) is 0 Å². The third-order valence-electron chi connectivity index (χ3n) is 5.52. The van der Waals surface area contributed by atoms with Gasteiger partial charge in [-0.1, -0.05) is 27.7 Å². The van der Waals surface area contributed by atoms with E-state index in [1.54, 1.807) is 0 Å². The smallest absolute Gasteiger partial charge is 0.0590 e. The van der Waals surface area contributed by atoms with Crippen LogP contribution in [0, 0.1) is 17.3 Å². The summed E-state index contributed by atoms with van der Waals surface area (Å²) in [7, 11) is 0. The molecule has 0 amide bonds. The Morgan fingerprint density at radius 1 is 1.30 bits per heavy atom. The zero-order chi connectivity index (χ0) is 14.8. The van der Waals surface area contributed by atoms with Crippen molar-refractivity contribution in [3.05, 3.63) is 0 Å². The Morgan fingerprint density at radius 3 is 2.70 bits per heavy atom. The van der Waals surface area contributed by atoms with Gasteiger partial charge >= 0.3 is 0 Å². The standard InChI is InChI=1S/C17H34N2O/c1-5-9-18-16-14(6-8-17(16,3)4)12-19-10-7-15(20)13(2)11-19/h13-16,18,20H,5-12H2,1-4H3. The van der Waals surface area contributed by atoms with Crippen LogP contribution in [0.5, 0.6) is 0 Å². The van der Waals surface area contributed by atoms with Gasteiger partial charge < -0.3 is 15.3 Å². The van der Waals surface area contributed by atoms with Crippen LogP contribution in [0.25, 0.3) is 0 Å². The van der Waals surface area contributed by atoms with Crippen LogP contribution < -0.4 is 5.32 Å². The minimum Gasteiger partial charge on any atom is -0.393 e. The van der Waals surface area contributed by atoms with E-state index in [2.05, 4.69) is 37.9 Å². The van der Waals surface area contributed by atoms with E-state index in [1.807, 2.05) is 0 Å². The molecule has 1 saturated heterocycles. The van der Waals surface area contributed by atoms with Gasteiger partial charge in [0, 0.05) is 25.7 Å². The highest BCUT2D eigenvalue weighted by Gasteiger charge is 2.42. The second kappa shape index (κ2) is 6.76. The van der Waals surface area contributed by atoms with E-state index in [0.29, 0.717) is 17.4 Å². The third kappa shape index (κ3) is 3.75. The molecule has 0 aromatic heterocycles. The van der Waals surface area contributed by atoms with Gasteiger partial charge in [-0.3, -0.25) is 0 Å². The quantitative estimate of drug-likeness (QED) is 0.813. The maximum absolute atomic E-state index is 9.87. The van der Waals surface area contributed by atoms with Crippen LogP contribution >= 0.6 is 0 Å². The molecule has 4 atom stereocenters. The summed E-state index contributed by atoms with van der Waals surface area (Å²) in [6.07, 6.45) is 4.77. The van der Waals surface area contributed by atoms with Crippen molar-refractivity contribution in [2.24, 2.45) is 17.3 Å². The second-order valence-corrected chi connectivity index (χ2v) is 7.81. The monoisotopic (exact) mass is 282 g/mol. The summed E-state index contributed by atoms with van der Waals surface area (Å²) < 4.78 is 0. The summed E-state index contributed by atoms with van der Waals surface area (Å²) in [5.74, 6) is 1.21. The Kier molecular flexibility index (Phi) is 5.49. The minimum atomic E-state index is -0.0831. The minimum absolute atomic E-state index is 0.0831. The van der Waals surface area contributed by atoms with Crippen molar-refractivity contribution in [3.63, 3.8) is 0 Å². The number of piperidine rings is 1. The fraction of sp³-hybridized carbons (Fsp3) is 1.00. The first-order chi connectivity index (χ1) is 9.44. The van der Waals surface area contributed by atoms with Gasteiger partial charge in [-0.05, 0) is 49.5 Å². The van der Waals surface area contributed by atoms with E-state index in [4.69, 9.17) is 0 Å². The van der Waals surface area contributed by atoms with Crippen molar-refractivity contribution in [2.45, 2.75) is 65.5 Å².